The Labute approximate surface area is 124 Å². The number of nitrogens with zero attached hydrogens (tertiary/aromatic N) is 2. The van der Waals surface area contributed by atoms with Gasteiger partial charge < -0.3 is 5.32 Å². The zero-order valence-corrected chi connectivity index (χ0v) is 12.4. The third-order valence-electron chi connectivity index (χ3n) is 2.20. The first-order chi connectivity index (χ1) is 9.25. The number of anilines is 2. The maximum Gasteiger partial charge on any atom is 0.250 e. The Morgan fingerprint density at radius 1 is 1.20 bits per heavy atom. The summed E-state index contributed by atoms with van der Waals surface area (Å²) >= 11 is 11.4. The van der Waals surface area contributed by atoms with Crippen LogP contribution in [0.4, 0.5) is 15.9 Å². The molecule has 0 spiro atoms. The number of sulfone groups is 1. The first-order valence-electron chi connectivity index (χ1n) is 5.22. The third kappa shape index (κ3) is 3.56. The van der Waals surface area contributed by atoms with Crippen molar-refractivity contribution in [2.75, 3.05) is 11.6 Å². The van der Waals surface area contributed by atoms with Crippen LogP contribution in [0.3, 0.4) is 0 Å². The van der Waals surface area contributed by atoms with Crippen LogP contribution >= 0.6 is 23.2 Å². The molecule has 0 bridgehead atoms. The predicted molar refractivity (Wildman–Crippen MR) is 74.8 cm³/mol. The molecule has 0 aliphatic carbocycles. The van der Waals surface area contributed by atoms with Crippen LogP contribution in [0, 0.1) is 5.82 Å². The van der Waals surface area contributed by atoms with Crippen molar-refractivity contribution in [3.8, 4) is 0 Å². The number of benzene rings is 1. The summed E-state index contributed by atoms with van der Waals surface area (Å²) in [6, 6.07) is 5.27. The molecule has 0 aliphatic heterocycles. The molecule has 0 amide bonds. The van der Waals surface area contributed by atoms with E-state index in [1.54, 1.807) is 0 Å². The minimum absolute atomic E-state index is 0.0617. The van der Waals surface area contributed by atoms with Gasteiger partial charge in [0.1, 0.15) is 16.8 Å². The van der Waals surface area contributed by atoms with Gasteiger partial charge in [0.2, 0.25) is 15.0 Å². The smallest absolute Gasteiger partial charge is 0.250 e. The molecule has 106 valence electrons. The lowest BCUT2D eigenvalue weighted by Gasteiger charge is -2.08. The van der Waals surface area contributed by atoms with Gasteiger partial charge in [-0.1, -0.05) is 23.2 Å². The van der Waals surface area contributed by atoms with Gasteiger partial charge in [0, 0.05) is 17.3 Å². The Morgan fingerprint density at radius 3 is 2.50 bits per heavy atom. The molecule has 0 saturated carbocycles. The molecule has 1 aromatic heterocycles. The summed E-state index contributed by atoms with van der Waals surface area (Å²) < 4.78 is 36.4. The average Bonchev–Trinajstić information content (AvgIpc) is 2.31. The lowest BCUT2D eigenvalue weighted by Crippen LogP contribution is -2.06. The molecule has 0 aliphatic rings. The molecule has 1 heterocycles. The van der Waals surface area contributed by atoms with Crippen LogP contribution in [0.5, 0.6) is 0 Å². The fourth-order valence-corrected chi connectivity index (χ4v) is 2.28. The minimum atomic E-state index is -3.62. The van der Waals surface area contributed by atoms with E-state index in [0.717, 1.165) is 12.3 Å². The van der Waals surface area contributed by atoms with Crippen LogP contribution < -0.4 is 5.32 Å². The fraction of sp³-hybridized carbons (Fsp3) is 0.0909. The highest BCUT2D eigenvalue weighted by atomic mass is 35.5. The summed E-state index contributed by atoms with van der Waals surface area (Å²) in [5.41, 5.74) is 0.0867. The Bertz CT molecular complexity index is 768. The van der Waals surface area contributed by atoms with Gasteiger partial charge in [0.25, 0.3) is 0 Å². The van der Waals surface area contributed by atoms with Gasteiger partial charge >= 0.3 is 0 Å². The van der Waals surface area contributed by atoms with Crippen molar-refractivity contribution in [3.63, 3.8) is 0 Å². The van der Waals surface area contributed by atoms with Gasteiger partial charge in [-0.25, -0.2) is 22.8 Å². The summed E-state index contributed by atoms with van der Waals surface area (Å²) in [6.45, 7) is 0. The van der Waals surface area contributed by atoms with E-state index in [-0.39, 0.29) is 21.7 Å². The number of halogens is 3. The molecule has 9 heteroatoms. The van der Waals surface area contributed by atoms with E-state index >= 15 is 0 Å². The number of rotatable bonds is 3. The summed E-state index contributed by atoms with van der Waals surface area (Å²) in [4.78, 5) is 7.36. The first-order valence-corrected chi connectivity index (χ1v) is 7.87. The maximum atomic E-state index is 13.6. The second-order valence-corrected chi connectivity index (χ2v) is 6.61. The lowest BCUT2D eigenvalue weighted by atomic mass is 10.3. The van der Waals surface area contributed by atoms with E-state index in [1.807, 2.05) is 0 Å². The highest BCUT2D eigenvalue weighted by Crippen LogP contribution is 2.23. The average molecular weight is 336 g/mol. The second kappa shape index (κ2) is 5.51. The zero-order valence-electron chi connectivity index (χ0n) is 10.1. The molecule has 1 N–H and O–H groups in total. The van der Waals surface area contributed by atoms with Crippen molar-refractivity contribution in [1.29, 1.82) is 0 Å². The van der Waals surface area contributed by atoms with Crippen molar-refractivity contribution in [2.24, 2.45) is 0 Å². The van der Waals surface area contributed by atoms with Gasteiger partial charge in [0.05, 0.1) is 5.69 Å². The van der Waals surface area contributed by atoms with Gasteiger partial charge in [-0.05, 0) is 18.2 Å². The van der Waals surface area contributed by atoms with Crippen LogP contribution in [-0.2, 0) is 9.84 Å². The van der Waals surface area contributed by atoms with Crippen molar-refractivity contribution in [3.05, 3.63) is 40.3 Å². The summed E-state index contributed by atoms with van der Waals surface area (Å²) in [6.07, 6.45) is 0.950. The van der Waals surface area contributed by atoms with E-state index < -0.39 is 20.8 Å². The monoisotopic (exact) mass is 335 g/mol. The predicted octanol–water partition coefficient (Wildman–Crippen LogP) is 3.07. The number of hydrogen-bond acceptors (Lipinski definition) is 5. The van der Waals surface area contributed by atoms with Crippen LogP contribution in [0.15, 0.2) is 29.4 Å². The van der Waals surface area contributed by atoms with Crippen molar-refractivity contribution < 1.29 is 12.8 Å². The molecular formula is C11H8Cl2FN3O2S. The highest BCUT2D eigenvalue weighted by Gasteiger charge is 2.14. The number of nitrogens with one attached hydrogen (secondary N) is 1. The zero-order chi connectivity index (χ0) is 14.9. The van der Waals surface area contributed by atoms with Gasteiger partial charge in [0.15, 0.2) is 0 Å². The third-order valence-corrected chi connectivity index (χ3v) is 3.47. The van der Waals surface area contributed by atoms with E-state index in [4.69, 9.17) is 23.2 Å². The van der Waals surface area contributed by atoms with E-state index in [0.29, 0.717) is 0 Å². The standard InChI is InChI=1S/C11H8Cl2FN3O2S/c1-20(18,19)11-16-9(13)5-10(17-11)15-8-3-2-6(12)4-7(8)14/h2-5H,1H3,(H,15,16,17). The molecular weight excluding hydrogens is 328 g/mol. The van der Waals surface area contributed by atoms with Crippen molar-refractivity contribution in [2.45, 2.75) is 5.16 Å². The highest BCUT2D eigenvalue weighted by molar-refractivity contribution is 7.90. The topological polar surface area (TPSA) is 72.0 Å². The number of aromatic nitrogens is 2. The largest absolute Gasteiger partial charge is 0.338 e. The van der Waals surface area contributed by atoms with Crippen molar-refractivity contribution in [1.82, 2.24) is 9.97 Å². The van der Waals surface area contributed by atoms with Gasteiger partial charge in [-0.15, -0.1) is 0 Å². The van der Waals surface area contributed by atoms with E-state index in [2.05, 4.69) is 15.3 Å². The first kappa shape index (κ1) is 15.0. The molecule has 2 rings (SSSR count). The summed E-state index contributed by atoms with van der Waals surface area (Å²) in [5, 5.41) is 2.35. The maximum absolute atomic E-state index is 13.6. The van der Waals surface area contributed by atoms with E-state index in [9.17, 15) is 12.8 Å². The molecule has 0 fully saturated rings. The van der Waals surface area contributed by atoms with Crippen LogP contribution in [-0.4, -0.2) is 24.6 Å². The molecule has 0 saturated heterocycles. The SMILES string of the molecule is CS(=O)(=O)c1nc(Cl)cc(Nc2ccc(Cl)cc2F)n1. The minimum Gasteiger partial charge on any atom is -0.338 e. The molecule has 5 nitrogen and oxygen atoms in total. The number of hydrogen-bond donors (Lipinski definition) is 1. The second-order valence-electron chi connectivity index (χ2n) is 3.88. The quantitative estimate of drug-likeness (QED) is 0.689. The Hall–Kier alpha value is -1.44. The van der Waals surface area contributed by atoms with Crippen LogP contribution in [0.1, 0.15) is 0 Å². The van der Waals surface area contributed by atoms with Crippen LogP contribution in [0.25, 0.3) is 0 Å². The molecule has 0 radical (unpaired) electrons. The molecule has 1 aromatic carbocycles. The summed E-state index contributed by atoms with van der Waals surface area (Å²) in [5.74, 6) is -0.542. The van der Waals surface area contributed by atoms with Gasteiger partial charge in [-0.3, -0.25) is 0 Å². The van der Waals surface area contributed by atoms with E-state index in [1.165, 1.54) is 18.2 Å². The van der Waals surface area contributed by atoms with Crippen molar-refractivity contribution >= 4 is 44.5 Å². The molecule has 20 heavy (non-hydrogen) atoms. The Kier molecular flexibility index (Phi) is 4.12. The van der Waals surface area contributed by atoms with Gasteiger partial charge in [-0.2, -0.15) is 0 Å². The molecule has 2 aromatic rings. The fourth-order valence-electron chi connectivity index (χ4n) is 1.36. The summed E-state index contributed by atoms with van der Waals surface area (Å²) in [7, 11) is -3.62. The lowest BCUT2D eigenvalue weighted by molar-refractivity contribution is 0.593. The Balaban J connectivity index is 2.41. The van der Waals surface area contributed by atoms with Crippen LogP contribution in [0.2, 0.25) is 10.2 Å². The molecule has 0 unspecified atom stereocenters. The molecule has 0 atom stereocenters. The normalized spacial score (nSPS) is 11.4. The Morgan fingerprint density at radius 2 is 1.90 bits per heavy atom.